The molecule has 3 rings (SSSR count). The van der Waals surface area contributed by atoms with E-state index in [0.717, 1.165) is 28.4 Å². The molecule has 21 heavy (non-hydrogen) atoms. The molecule has 5 heteroatoms. The molecule has 4 nitrogen and oxygen atoms in total. The van der Waals surface area contributed by atoms with E-state index >= 15 is 0 Å². The molecule has 2 heterocycles. The van der Waals surface area contributed by atoms with Crippen molar-refractivity contribution in [2.75, 3.05) is 13.7 Å². The summed E-state index contributed by atoms with van der Waals surface area (Å²) >= 11 is 1.61. The number of amides is 1. The maximum Gasteiger partial charge on any atom is 0.229 e. The number of aromatic nitrogens is 1. The SMILES string of the molecule is Cc1nc(CN(C)C(=O)[C@@H]2COc3ccccc3C2)cs1. The van der Waals surface area contributed by atoms with Crippen LogP contribution in [0.2, 0.25) is 0 Å². The maximum atomic E-state index is 12.5. The van der Waals surface area contributed by atoms with E-state index in [1.54, 1.807) is 16.2 Å². The van der Waals surface area contributed by atoms with Gasteiger partial charge >= 0.3 is 0 Å². The third-order valence-corrected chi connectivity index (χ3v) is 4.49. The highest BCUT2D eigenvalue weighted by molar-refractivity contribution is 7.09. The molecule has 1 aliphatic heterocycles. The average molecular weight is 302 g/mol. The molecule has 1 atom stereocenters. The van der Waals surface area contributed by atoms with Gasteiger partial charge in [-0.25, -0.2) is 4.98 Å². The van der Waals surface area contributed by atoms with Crippen molar-refractivity contribution in [1.29, 1.82) is 0 Å². The number of carbonyl (C=O) groups excluding carboxylic acids is 1. The Labute approximate surface area is 128 Å². The first-order valence-electron chi connectivity index (χ1n) is 7.00. The molecule has 110 valence electrons. The van der Waals surface area contributed by atoms with Crippen LogP contribution in [0.5, 0.6) is 5.75 Å². The zero-order chi connectivity index (χ0) is 14.8. The zero-order valence-electron chi connectivity index (χ0n) is 12.2. The van der Waals surface area contributed by atoms with Crippen molar-refractivity contribution >= 4 is 17.2 Å². The number of hydrogen-bond acceptors (Lipinski definition) is 4. The molecule has 0 fully saturated rings. The molecule has 0 bridgehead atoms. The van der Waals surface area contributed by atoms with E-state index in [2.05, 4.69) is 4.98 Å². The van der Waals surface area contributed by atoms with Gasteiger partial charge < -0.3 is 9.64 Å². The van der Waals surface area contributed by atoms with Crippen LogP contribution in [0, 0.1) is 12.8 Å². The van der Waals surface area contributed by atoms with E-state index in [4.69, 9.17) is 4.74 Å². The minimum Gasteiger partial charge on any atom is -0.492 e. The average Bonchev–Trinajstić information content (AvgIpc) is 2.91. The summed E-state index contributed by atoms with van der Waals surface area (Å²) in [5.74, 6) is 0.916. The summed E-state index contributed by atoms with van der Waals surface area (Å²) in [5, 5.41) is 3.03. The smallest absolute Gasteiger partial charge is 0.229 e. The normalized spacial score (nSPS) is 17.0. The first kappa shape index (κ1) is 14.1. The van der Waals surface area contributed by atoms with Crippen molar-refractivity contribution in [3.05, 3.63) is 45.9 Å². The van der Waals surface area contributed by atoms with Crippen LogP contribution in [0.15, 0.2) is 29.6 Å². The summed E-state index contributed by atoms with van der Waals surface area (Å²) in [6.07, 6.45) is 0.745. The van der Waals surface area contributed by atoms with Crippen molar-refractivity contribution in [3.8, 4) is 5.75 Å². The van der Waals surface area contributed by atoms with Gasteiger partial charge in [0.1, 0.15) is 12.4 Å². The van der Waals surface area contributed by atoms with Gasteiger partial charge in [-0.2, -0.15) is 0 Å². The zero-order valence-corrected chi connectivity index (χ0v) is 13.0. The van der Waals surface area contributed by atoms with E-state index in [1.807, 2.05) is 43.6 Å². The number of nitrogens with zero attached hydrogens (tertiary/aromatic N) is 2. The number of fused-ring (bicyclic) bond motifs is 1. The van der Waals surface area contributed by atoms with Gasteiger partial charge in [0.25, 0.3) is 0 Å². The molecule has 0 N–H and O–H groups in total. The molecular formula is C16H18N2O2S. The number of ether oxygens (including phenoxy) is 1. The van der Waals surface area contributed by atoms with Crippen molar-refractivity contribution in [2.24, 2.45) is 5.92 Å². The van der Waals surface area contributed by atoms with Gasteiger partial charge in [-0.3, -0.25) is 4.79 Å². The molecule has 1 amide bonds. The Hall–Kier alpha value is -1.88. The van der Waals surface area contributed by atoms with Crippen LogP contribution in [0.1, 0.15) is 16.3 Å². The van der Waals surface area contributed by atoms with E-state index in [-0.39, 0.29) is 11.8 Å². The lowest BCUT2D eigenvalue weighted by atomic mass is 9.95. The number of thiazole rings is 1. The molecule has 0 saturated carbocycles. The highest BCUT2D eigenvalue weighted by Crippen LogP contribution is 2.27. The van der Waals surface area contributed by atoms with Crippen LogP contribution in [0.3, 0.4) is 0 Å². The van der Waals surface area contributed by atoms with Gasteiger partial charge in [-0.05, 0) is 25.0 Å². The molecule has 1 aromatic heterocycles. The molecular weight excluding hydrogens is 284 g/mol. The molecule has 1 aromatic carbocycles. The van der Waals surface area contributed by atoms with Crippen LogP contribution in [0.25, 0.3) is 0 Å². The largest absolute Gasteiger partial charge is 0.492 e. The lowest BCUT2D eigenvalue weighted by Gasteiger charge is -2.28. The topological polar surface area (TPSA) is 42.4 Å². The molecule has 0 radical (unpaired) electrons. The summed E-state index contributed by atoms with van der Waals surface area (Å²) < 4.78 is 5.70. The molecule has 0 saturated heterocycles. The number of benzene rings is 1. The fourth-order valence-electron chi connectivity index (χ4n) is 2.60. The van der Waals surface area contributed by atoms with Gasteiger partial charge in [-0.1, -0.05) is 18.2 Å². The van der Waals surface area contributed by atoms with Gasteiger partial charge in [0.05, 0.1) is 23.2 Å². The van der Waals surface area contributed by atoms with Crippen molar-refractivity contribution in [3.63, 3.8) is 0 Å². The van der Waals surface area contributed by atoms with E-state index < -0.39 is 0 Å². The van der Waals surface area contributed by atoms with Crippen molar-refractivity contribution in [2.45, 2.75) is 19.9 Å². The summed E-state index contributed by atoms with van der Waals surface area (Å²) in [6, 6.07) is 7.92. The van der Waals surface area contributed by atoms with Gasteiger partial charge in [-0.15, -0.1) is 11.3 Å². The Morgan fingerprint density at radius 3 is 3.05 bits per heavy atom. The lowest BCUT2D eigenvalue weighted by Crippen LogP contribution is -2.38. The van der Waals surface area contributed by atoms with E-state index in [1.165, 1.54) is 0 Å². The van der Waals surface area contributed by atoms with Crippen molar-refractivity contribution in [1.82, 2.24) is 9.88 Å². The summed E-state index contributed by atoms with van der Waals surface area (Å²) in [5.41, 5.74) is 2.06. The Balaban J connectivity index is 1.66. The second-order valence-electron chi connectivity index (χ2n) is 5.37. The quantitative estimate of drug-likeness (QED) is 0.875. The first-order valence-corrected chi connectivity index (χ1v) is 7.88. The number of aryl methyl sites for hydroxylation is 1. The molecule has 0 aliphatic carbocycles. The standard InChI is InChI=1S/C16H18N2O2S/c1-11-17-14(10-21-11)8-18(2)16(19)13-7-12-5-3-4-6-15(12)20-9-13/h3-6,10,13H,7-9H2,1-2H3/t13-/m0/s1. The Morgan fingerprint density at radius 2 is 2.29 bits per heavy atom. The highest BCUT2D eigenvalue weighted by Gasteiger charge is 2.28. The fourth-order valence-corrected chi connectivity index (χ4v) is 3.20. The third kappa shape index (κ3) is 3.08. The Morgan fingerprint density at radius 1 is 1.48 bits per heavy atom. The van der Waals surface area contributed by atoms with Gasteiger partial charge in [0.2, 0.25) is 5.91 Å². The predicted octanol–water partition coefficient (Wildman–Crippen LogP) is 2.66. The highest BCUT2D eigenvalue weighted by atomic mass is 32.1. The summed E-state index contributed by atoms with van der Waals surface area (Å²) in [4.78, 5) is 18.7. The minimum absolute atomic E-state index is 0.107. The second kappa shape index (κ2) is 5.85. The fraction of sp³-hybridized carbons (Fsp3) is 0.375. The Kier molecular flexibility index (Phi) is 3.92. The number of para-hydroxylation sites is 1. The first-order chi connectivity index (χ1) is 10.1. The van der Waals surface area contributed by atoms with Crippen LogP contribution < -0.4 is 4.74 Å². The van der Waals surface area contributed by atoms with E-state index in [0.29, 0.717) is 13.2 Å². The van der Waals surface area contributed by atoms with Crippen molar-refractivity contribution < 1.29 is 9.53 Å². The Bertz CT molecular complexity index is 653. The summed E-state index contributed by atoms with van der Waals surface area (Å²) in [6.45, 7) is 2.99. The van der Waals surface area contributed by atoms with Gasteiger partial charge in [0.15, 0.2) is 0 Å². The predicted molar refractivity (Wildman–Crippen MR) is 82.5 cm³/mol. The van der Waals surface area contributed by atoms with Gasteiger partial charge in [0, 0.05) is 12.4 Å². The summed E-state index contributed by atoms with van der Waals surface area (Å²) in [7, 11) is 1.83. The van der Waals surface area contributed by atoms with E-state index in [9.17, 15) is 4.79 Å². The number of carbonyl (C=O) groups is 1. The second-order valence-corrected chi connectivity index (χ2v) is 6.43. The molecule has 0 spiro atoms. The molecule has 2 aromatic rings. The van der Waals surface area contributed by atoms with Crippen LogP contribution >= 0.6 is 11.3 Å². The monoisotopic (exact) mass is 302 g/mol. The lowest BCUT2D eigenvalue weighted by molar-refractivity contribution is -0.136. The third-order valence-electron chi connectivity index (χ3n) is 3.67. The van der Waals surface area contributed by atoms with Crippen LogP contribution in [0.4, 0.5) is 0 Å². The molecule has 0 unspecified atom stereocenters. The minimum atomic E-state index is -0.107. The van der Waals surface area contributed by atoms with Crippen LogP contribution in [-0.2, 0) is 17.8 Å². The number of hydrogen-bond donors (Lipinski definition) is 0. The number of rotatable bonds is 3. The van der Waals surface area contributed by atoms with Crippen LogP contribution in [-0.4, -0.2) is 29.4 Å². The molecule has 1 aliphatic rings. The maximum absolute atomic E-state index is 12.5.